The summed E-state index contributed by atoms with van der Waals surface area (Å²) in [4.78, 5) is 19.5. The molecule has 3 aromatic rings. The van der Waals surface area contributed by atoms with Crippen LogP contribution in [0.1, 0.15) is 22.6 Å². The van der Waals surface area contributed by atoms with Gasteiger partial charge >= 0.3 is 0 Å². The van der Waals surface area contributed by atoms with Crippen molar-refractivity contribution >= 4 is 16.9 Å². The Morgan fingerprint density at radius 3 is 2.74 bits per heavy atom. The number of aromatic amines is 1. The van der Waals surface area contributed by atoms with Gasteiger partial charge in [0.25, 0.3) is 5.91 Å². The van der Waals surface area contributed by atoms with Crippen LogP contribution >= 0.6 is 0 Å². The molecular formula is C17H15F2N3O. The van der Waals surface area contributed by atoms with Gasteiger partial charge in [-0.15, -0.1) is 0 Å². The maximum Gasteiger partial charge on any atom is 0.251 e. The Labute approximate surface area is 131 Å². The summed E-state index contributed by atoms with van der Waals surface area (Å²) in [5, 5.41) is 2.68. The molecule has 1 aromatic heterocycles. The first-order valence-corrected chi connectivity index (χ1v) is 7.30. The Kier molecular flexibility index (Phi) is 4.32. The molecule has 0 unspecified atom stereocenters. The molecule has 0 aliphatic carbocycles. The topological polar surface area (TPSA) is 57.8 Å². The van der Waals surface area contributed by atoms with E-state index in [-0.39, 0.29) is 5.56 Å². The van der Waals surface area contributed by atoms with Crippen molar-refractivity contribution in [1.29, 1.82) is 0 Å². The molecule has 1 amide bonds. The maximum atomic E-state index is 13.1. The van der Waals surface area contributed by atoms with Gasteiger partial charge in [0.05, 0.1) is 11.0 Å². The normalized spacial score (nSPS) is 10.9. The molecule has 0 fully saturated rings. The van der Waals surface area contributed by atoms with Crippen LogP contribution in [-0.4, -0.2) is 22.4 Å². The molecule has 0 aliphatic heterocycles. The fourth-order valence-electron chi connectivity index (χ4n) is 2.32. The molecule has 0 saturated heterocycles. The minimum Gasteiger partial charge on any atom is -0.352 e. The zero-order valence-corrected chi connectivity index (χ0v) is 12.3. The first-order valence-electron chi connectivity index (χ1n) is 7.30. The lowest BCUT2D eigenvalue weighted by molar-refractivity contribution is 0.0952. The average Bonchev–Trinajstić information content (AvgIpc) is 2.96. The molecule has 0 saturated carbocycles. The lowest BCUT2D eigenvalue weighted by atomic mass is 10.2. The number of imidazole rings is 1. The summed E-state index contributed by atoms with van der Waals surface area (Å²) < 4.78 is 25.9. The van der Waals surface area contributed by atoms with Gasteiger partial charge in [0.1, 0.15) is 5.82 Å². The fourth-order valence-corrected chi connectivity index (χ4v) is 2.32. The van der Waals surface area contributed by atoms with Crippen LogP contribution in [0.4, 0.5) is 8.78 Å². The number of nitrogens with one attached hydrogen (secondary N) is 2. The molecule has 4 nitrogen and oxygen atoms in total. The van der Waals surface area contributed by atoms with E-state index in [1.165, 1.54) is 6.07 Å². The van der Waals surface area contributed by atoms with E-state index in [0.29, 0.717) is 19.4 Å². The standard InChI is InChI=1S/C17H15F2N3O/c18-12-8-7-11(10-13(12)19)17(23)20-9-3-6-16-21-14-4-1-2-5-15(14)22-16/h1-2,4-5,7-8,10H,3,6,9H2,(H,20,23)(H,21,22). The van der Waals surface area contributed by atoms with Gasteiger partial charge in [-0.05, 0) is 36.8 Å². The first kappa shape index (κ1) is 15.1. The van der Waals surface area contributed by atoms with Gasteiger partial charge in [0, 0.05) is 18.5 Å². The van der Waals surface area contributed by atoms with Crippen LogP contribution in [0.2, 0.25) is 0 Å². The third kappa shape index (κ3) is 3.53. The minimum atomic E-state index is -1.03. The summed E-state index contributed by atoms with van der Waals surface area (Å²) in [5.74, 6) is -1.56. The Morgan fingerprint density at radius 1 is 1.13 bits per heavy atom. The van der Waals surface area contributed by atoms with Crippen LogP contribution in [-0.2, 0) is 6.42 Å². The van der Waals surface area contributed by atoms with E-state index < -0.39 is 17.5 Å². The third-order valence-corrected chi connectivity index (χ3v) is 3.50. The van der Waals surface area contributed by atoms with Crippen molar-refractivity contribution in [2.75, 3.05) is 6.54 Å². The molecule has 2 N–H and O–H groups in total. The molecular weight excluding hydrogens is 300 g/mol. The molecule has 0 spiro atoms. The number of halogens is 2. The fraction of sp³-hybridized carbons (Fsp3) is 0.176. The molecule has 0 bridgehead atoms. The first-order chi connectivity index (χ1) is 11.1. The van der Waals surface area contributed by atoms with Crippen molar-refractivity contribution in [3.05, 3.63) is 65.5 Å². The Morgan fingerprint density at radius 2 is 1.96 bits per heavy atom. The molecule has 3 rings (SSSR count). The Bertz CT molecular complexity index is 812. The highest BCUT2D eigenvalue weighted by Gasteiger charge is 2.09. The van der Waals surface area contributed by atoms with E-state index in [2.05, 4.69) is 15.3 Å². The van der Waals surface area contributed by atoms with Gasteiger partial charge in [-0.2, -0.15) is 0 Å². The van der Waals surface area contributed by atoms with Gasteiger partial charge in [0.15, 0.2) is 11.6 Å². The Balaban J connectivity index is 1.51. The number of para-hydroxylation sites is 2. The van der Waals surface area contributed by atoms with Gasteiger partial charge in [0.2, 0.25) is 0 Å². The smallest absolute Gasteiger partial charge is 0.251 e. The summed E-state index contributed by atoms with van der Waals surface area (Å²) in [6.45, 7) is 0.425. The molecule has 0 radical (unpaired) electrons. The Hall–Kier alpha value is -2.76. The van der Waals surface area contributed by atoms with E-state index in [1.54, 1.807) is 0 Å². The van der Waals surface area contributed by atoms with Crippen molar-refractivity contribution in [2.24, 2.45) is 0 Å². The van der Waals surface area contributed by atoms with E-state index in [4.69, 9.17) is 0 Å². The van der Waals surface area contributed by atoms with Crippen molar-refractivity contribution in [1.82, 2.24) is 15.3 Å². The summed E-state index contributed by atoms with van der Waals surface area (Å²) in [5.41, 5.74) is 1.99. The highest BCUT2D eigenvalue weighted by atomic mass is 19.2. The van der Waals surface area contributed by atoms with Crippen LogP contribution in [0.25, 0.3) is 11.0 Å². The highest BCUT2D eigenvalue weighted by Crippen LogP contribution is 2.11. The van der Waals surface area contributed by atoms with Crippen LogP contribution in [0.5, 0.6) is 0 Å². The number of hydrogen-bond donors (Lipinski definition) is 2. The summed E-state index contributed by atoms with van der Waals surface area (Å²) >= 11 is 0. The van der Waals surface area contributed by atoms with Crippen LogP contribution in [0, 0.1) is 11.6 Å². The largest absolute Gasteiger partial charge is 0.352 e. The second-order valence-electron chi connectivity index (χ2n) is 5.19. The van der Waals surface area contributed by atoms with Gasteiger partial charge in [-0.3, -0.25) is 4.79 Å². The molecule has 0 aliphatic rings. The third-order valence-electron chi connectivity index (χ3n) is 3.50. The number of hydrogen-bond acceptors (Lipinski definition) is 2. The number of carbonyl (C=O) groups is 1. The number of rotatable bonds is 5. The quantitative estimate of drug-likeness (QED) is 0.710. The average molecular weight is 315 g/mol. The van der Waals surface area contributed by atoms with Gasteiger partial charge in [-0.25, -0.2) is 13.8 Å². The molecule has 2 aromatic carbocycles. The van der Waals surface area contributed by atoms with E-state index in [0.717, 1.165) is 29.0 Å². The zero-order valence-electron chi connectivity index (χ0n) is 12.3. The lowest BCUT2D eigenvalue weighted by Gasteiger charge is -2.05. The van der Waals surface area contributed by atoms with E-state index in [9.17, 15) is 13.6 Å². The van der Waals surface area contributed by atoms with Crippen molar-refractivity contribution in [2.45, 2.75) is 12.8 Å². The number of carbonyl (C=O) groups excluding carboxylic acids is 1. The molecule has 118 valence electrons. The predicted octanol–water partition coefficient (Wildman–Crippen LogP) is 3.20. The molecule has 6 heteroatoms. The monoisotopic (exact) mass is 315 g/mol. The van der Waals surface area contributed by atoms with Crippen LogP contribution in [0.15, 0.2) is 42.5 Å². The lowest BCUT2D eigenvalue weighted by Crippen LogP contribution is -2.25. The number of H-pyrrole nitrogens is 1. The predicted molar refractivity (Wildman–Crippen MR) is 83.1 cm³/mol. The summed E-state index contributed by atoms with van der Waals surface area (Å²) in [7, 11) is 0. The number of benzene rings is 2. The highest BCUT2D eigenvalue weighted by molar-refractivity contribution is 5.94. The zero-order chi connectivity index (χ0) is 16.2. The number of aryl methyl sites for hydroxylation is 1. The second-order valence-corrected chi connectivity index (χ2v) is 5.19. The van der Waals surface area contributed by atoms with E-state index >= 15 is 0 Å². The molecule has 0 atom stereocenters. The van der Waals surface area contributed by atoms with Gasteiger partial charge < -0.3 is 10.3 Å². The second kappa shape index (κ2) is 6.56. The van der Waals surface area contributed by atoms with Crippen LogP contribution in [0.3, 0.4) is 0 Å². The number of aromatic nitrogens is 2. The van der Waals surface area contributed by atoms with Crippen LogP contribution < -0.4 is 5.32 Å². The summed E-state index contributed by atoms with van der Waals surface area (Å²) in [6.07, 6.45) is 1.38. The number of amides is 1. The summed E-state index contributed by atoms with van der Waals surface area (Å²) in [6, 6.07) is 10.8. The van der Waals surface area contributed by atoms with Crippen molar-refractivity contribution in [3.8, 4) is 0 Å². The minimum absolute atomic E-state index is 0.104. The van der Waals surface area contributed by atoms with Crippen molar-refractivity contribution in [3.63, 3.8) is 0 Å². The van der Waals surface area contributed by atoms with E-state index in [1.807, 2.05) is 24.3 Å². The number of fused-ring (bicyclic) bond motifs is 1. The SMILES string of the molecule is O=C(NCCCc1nc2ccccc2[nH]1)c1ccc(F)c(F)c1. The molecule has 23 heavy (non-hydrogen) atoms. The van der Waals surface area contributed by atoms with Crippen molar-refractivity contribution < 1.29 is 13.6 Å². The van der Waals surface area contributed by atoms with Gasteiger partial charge in [-0.1, -0.05) is 12.1 Å². The maximum absolute atomic E-state index is 13.1. The molecule has 1 heterocycles. The number of nitrogens with zero attached hydrogens (tertiary/aromatic N) is 1.